The molecule has 0 unspecified atom stereocenters. The van der Waals surface area contributed by atoms with E-state index in [9.17, 15) is 14.3 Å². The summed E-state index contributed by atoms with van der Waals surface area (Å²) in [5, 5.41) is 10.9. The molecule has 1 N–H and O–H groups in total. The smallest absolute Gasteiger partial charge is 0.303 e. The van der Waals surface area contributed by atoms with Crippen molar-refractivity contribution in [1.82, 2.24) is 14.9 Å². The highest BCUT2D eigenvalue weighted by Gasteiger charge is 2.31. The number of methoxy groups -OCH3 is 1. The molecule has 0 spiro atoms. The summed E-state index contributed by atoms with van der Waals surface area (Å²) in [6, 6.07) is 12.0. The molecule has 0 radical (unpaired) electrons. The Hall–Kier alpha value is -2.78. The van der Waals surface area contributed by atoms with Gasteiger partial charge in [0.25, 0.3) is 0 Å². The van der Waals surface area contributed by atoms with Crippen LogP contribution >= 0.6 is 11.8 Å². The van der Waals surface area contributed by atoms with Crippen molar-refractivity contribution in [3.05, 3.63) is 60.2 Å². The van der Waals surface area contributed by atoms with Crippen LogP contribution in [0.15, 0.2) is 53.7 Å². The summed E-state index contributed by atoms with van der Waals surface area (Å²) in [5.74, 6) is 0.344. The predicted molar refractivity (Wildman–Crippen MR) is 141 cm³/mol. The van der Waals surface area contributed by atoms with Gasteiger partial charge in [0.2, 0.25) is 5.95 Å². The number of hydrogen-bond donors (Lipinski definition) is 1. The molecule has 1 aromatic carbocycles. The number of nitrogens with zero attached hydrogens (tertiary/aromatic N) is 3. The molecule has 0 saturated carbocycles. The molecule has 1 saturated heterocycles. The molecular formula is C28H33F2N3O3S. The molecule has 1 aliphatic rings. The van der Waals surface area contributed by atoms with Crippen molar-refractivity contribution in [2.24, 2.45) is 11.8 Å². The predicted octanol–water partition coefficient (Wildman–Crippen LogP) is 6.16. The molecule has 1 aliphatic heterocycles. The second kappa shape index (κ2) is 13.1. The molecule has 0 aliphatic carbocycles. The zero-order valence-electron chi connectivity index (χ0n) is 21.0. The Morgan fingerprint density at radius 2 is 2.14 bits per heavy atom. The van der Waals surface area contributed by atoms with E-state index in [1.54, 1.807) is 31.5 Å². The summed E-state index contributed by atoms with van der Waals surface area (Å²) in [6.45, 7) is 2.42. The molecule has 198 valence electrons. The summed E-state index contributed by atoms with van der Waals surface area (Å²) >= 11 is 1.52. The minimum atomic E-state index is -1.16. The van der Waals surface area contributed by atoms with Crippen molar-refractivity contribution in [3.8, 4) is 5.75 Å². The Morgan fingerprint density at radius 3 is 2.92 bits per heavy atom. The third-order valence-electron chi connectivity index (χ3n) is 7.08. The minimum Gasteiger partial charge on any atom is -0.497 e. The molecule has 1 fully saturated rings. The highest BCUT2D eigenvalue weighted by molar-refractivity contribution is 7.99. The topological polar surface area (TPSA) is 75.5 Å². The van der Waals surface area contributed by atoms with Gasteiger partial charge in [0, 0.05) is 30.3 Å². The molecule has 3 atom stereocenters. The number of aliphatic carboxylic acids is 1. The number of hydrogen-bond acceptors (Lipinski definition) is 6. The van der Waals surface area contributed by atoms with Crippen LogP contribution in [0.5, 0.6) is 5.75 Å². The van der Waals surface area contributed by atoms with Gasteiger partial charge in [-0.15, -0.1) is 11.8 Å². The Kier molecular flexibility index (Phi) is 9.68. The molecular weight excluding hydrogens is 496 g/mol. The van der Waals surface area contributed by atoms with Crippen LogP contribution in [-0.2, 0) is 4.79 Å². The number of ether oxygens (including phenoxy) is 1. The van der Waals surface area contributed by atoms with Crippen LogP contribution in [-0.4, -0.2) is 58.4 Å². The van der Waals surface area contributed by atoms with Crippen LogP contribution in [0, 0.1) is 17.8 Å². The Morgan fingerprint density at radius 1 is 1.27 bits per heavy atom. The van der Waals surface area contributed by atoms with Gasteiger partial charge in [0.1, 0.15) is 11.9 Å². The first-order chi connectivity index (χ1) is 17.9. The lowest BCUT2D eigenvalue weighted by molar-refractivity contribution is -0.139. The molecule has 2 aromatic heterocycles. The quantitative estimate of drug-likeness (QED) is 0.171. The molecule has 0 bridgehead atoms. The van der Waals surface area contributed by atoms with Gasteiger partial charge in [0.15, 0.2) is 0 Å². The van der Waals surface area contributed by atoms with Crippen molar-refractivity contribution < 1.29 is 23.4 Å². The Bertz CT molecular complexity index is 1200. The van der Waals surface area contributed by atoms with Gasteiger partial charge < -0.3 is 14.7 Å². The maximum atomic E-state index is 15.5. The van der Waals surface area contributed by atoms with E-state index in [0.29, 0.717) is 35.7 Å². The van der Waals surface area contributed by atoms with Gasteiger partial charge in [-0.1, -0.05) is 6.07 Å². The van der Waals surface area contributed by atoms with Crippen LogP contribution in [0.4, 0.5) is 8.78 Å². The average molecular weight is 530 g/mol. The number of fused-ring (bicyclic) bond motifs is 1. The fourth-order valence-electron chi connectivity index (χ4n) is 5.19. The molecule has 0 amide bonds. The Balaban J connectivity index is 1.31. The minimum absolute atomic E-state index is 0.00901. The second-order valence-corrected chi connectivity index (χ2v) is 10.7. The van der Waals surface area contributed by atoms with Gasteiger partial charge in [0.05, 0.1) is 17.7 Å². The van der Waals surface area contributed by atoms with Gasteiger partial charge in [-0.3, -0.25) is 9.78 Å². The molecule has 37 heavy (non-hydrogen) atoms. The van der Waals surface area contributed by atoms with Crippen LogP contribution in [0.1, 0.15) is 43.8 Å². The van der Waals surface area contributed by atoms with Crippen LogP contribution in [0.25, 0.3) is 10.9 Å². The average Bonchev–Trinajstić information content (AvgIpc) is 2.89. The highest BCUT2D eigenvalue weighted by Crippen LogP contribution is 2.36. The van der Waals surface area contributed by atoms with Crippen LogP contribution < -0.4 is 4.74 Å². The number of carbonyl (C=O) groups is 1. The van der Waals surface area contributed by atoms with Crippen LogP contribution in [0.2, 0.25) is 0 Å². The summed E-state index contributed by atoms with van der Waals surface area (Å²) in [5.41, 5.74) is 1.32. The molecule has 9 heteroatoms. The number of likely N-dealkylation sites (tertiary alicyclic amines) is 1. The standard InChI is InChI=1S/C28H33F2N3O3S/c1-36-21-7-9-25-23(17-21)22(10-12-31-25)24(29)8-6-19-11-14-33(18-20(19)16-28(34)35)13-3-15-37-27-5-2-4-26(30)32-27/h2,4-5,7,9-10,12,17,19-20,24H,3,6,8,11,13-16,18H2,1H3,(H,34,35)/t19-,20+,24-/m1/s1. The van der Waals surface area contributed by atoms with E-state index >= 15 is 4.39 Å². The number of carboxylic acid groups (broad SMARTS) is 1. The SMILES string of the molecule is COc1ccc2nccc([C@H](F)CC[C@@H]3CCN(CCCSc4cccc(F)n4)C[C@@H]3CC(=O)O)c2c1. The van der Waals surface area contributed by atoms with Gasteiger partial charge >= 0.3 is 5.97 Å². The first kappa shape index (κ1) is 27.3. The largest absolute Gasteiger partial charge is 0.497 e. The number of rotatable bonds is 12. The first-order valence-electron chi connectivity index (χ1n) is 12.7. The summed E-state index contributed by atoms with van der Waals surface area (Å²) < 4.78 is 34.0. The number of alkyl halides is 1. The summed E-state index contributed by atoms with van der Waals surface area (Å²) in [7, 11) is 1.58. The number of carboxylic acids is 1. The maximum absolute atomic E-state index is 15.5. The first-order valence-corrected chi connectivity index (χ1v) is 13.7. The van der Waals surface area contributed by atoms with Crippen molar-refractivity contribution in [2.45, 2.75) is 43.3 Å². The van der Waals surface area contributed by atoms with E-state index < -0.39 is 18.1 Å². The molecule has 3 heterocycles. The number of piperidine rings is 1. The number of pyridine rings is 2. The normalized spacial score (nSPS) is 19.1. The van der Waals surface area contributed by atoms with E-state index in [2.05, 4.69) is 14.9 Å². The monoisotopic (exact) mass is 529 g/mol. The van der Waals surface area contributed by atoms with Gasteiger partial charge in [-0.2, -0.15) is 4.39 Å². The van der Waals surface area contributed by atoms with E-state index in [-0.39, 0.29) is 18.3 Å². The van der Waals surface area contributed by atoms with Crippen molar-refractivity contribution in [2.75, 3.05) is 32.5 Å². The highest BCUT2D eigenvalue weighted by atomic mass is 32.2. The second-order valence-electron chi connectivity index (χ2n) is 9.54. The van der Waals surface area contributed by atoms with E-state index in [4.69, 9.17) is 4.74 Å². The summed E-state index contributed by atoms with van der Waals surface area (Å²) in [6.07, 6.45) is 3.30. The van der Waals surface area contributed by atoms with Crippen molar-refractivity contribution in [3.63, 3.8) is 0 Å². The third-order valence-corrected chi connectivity index (χ3v) is 8.10. The van der Waals surface area contributed by atoms with Crippen molar-refractivity contribution in [1.29, 1.82) is 0 Å². The molecule has 4 rings (SSSR count). The zero-order chi connectivity index (χ0) is 26.2. The Labute approximate surface area is 220 Å². The fourth-order valence-corrected chi connectivity index (χ4v) is 6.00. The fraction of sp³-hybridized carbons (Fsp3) is 0.464. The van der Waals surface area contributed by atoms with Crippen LogP contribution in [0.3, 0.4) is 0 Å². The lowest BCUT2D eigenvalue weighted by Crippen LogP contribution is -2.42. The van der Waals surface area contributed by atoms with E-state index in [1.807, 2.05) is 18.2 Å². The number of halogens is 2. The summed E-state index contributed by atoms with van der Waals surface area (Å²) in [4.78, 5) is 22.1. The zero-order valence-corrected chi connectivity index (χ0v) is 21.8. The molecule has 3 aromatic rings. The number of aromatic nitrogens is 2. The van der Waals surface area contributed by atoms with Crippen molar-refractivity contribution >= 4 is 28.6 Å². The molecule has 6 nitrogen and oxygen atoms in total. The van der Waals surface area contributed by atoms with E-state index in [0.717, 1.165) is 42.6 Å². The van der Waals surface area contributed by atoms with Gasteiger partial charge in [-0.25, -0.2) is 9.37 Å². The number of benzene rings is 1. The lowest BCUT2D eigenvalue weighted by Gasteiger charge is -2.38. The third kappa shape index (κ3) is 7.61. The maximum Gasteiger partial charge on any atom is 0.303 e. The number of thioether (sulfide) groups is 1. The lowest BCUT2D eigenvalue weighted by atomic mass is 9.79. The van der Waals surface area contributed by atoms with E-state index in [1.165, 1.54) is 17.8 Å². The van der Waals surface area contributed by atoms with Gasteiger partial charge in [-0.05, 0) is 92.6 Å².